The fourth-order valence-corrected chi connectivity index (χ4v) is 7.32. The van der Waals surface area contributed by atoms with Crippen LogP contribution in [-0.4, -0.2) is 0 Å². The second kappa shape index (κ2) is 12.3. The zero-order valence-electron chi connectivity index (χ0n) is 27.0. The zero-order valence-corrected chi connectivity index (χ0v) is 27.0. The first-order valence-electron chi connectivity index (χ1n) is 16.9. The van der Waals surface area contributed by atoms with Crippen molar-refractivity contribution in [3.63, 3.8) is 0 Å². The van der Waals surface area contributed by atoms with E-state index in [1.807, 2.05) is 0 Å². The van der Waals surface area contributed by atoms with Gasteiger partial charge in [0, 0.05) is 17.1 Å². The summed E-state index contributed by atoms with van der Waals surface area (Å²) in [5, 5.41) is 7.71. The van der Waals surface area contributed by atoms with E-state index in [-0.39, 0.29) is 0 Å². The topological polar surface area (TPSA) is 3.24 Å². The lowest BCUT2D eigenvalue weighted by Gasteiger charge is -2.26. The number of rotatable bonds is 6. The highest BCUT2D eigenvalue weighted by molar-refractivity contribution is 6.19. The van der Waals surface area contributed by atoms with Crippen LogP contribution in [0.3, 0.4) is 0 Å². The molecule has 0 atom stereocenters. The van der Waals surface area contributed by atoms with Gasteiger partial charge in [0.15, 0.2) is 0 Å². The third-order valence-corrected chi connectivity index (χ3v) is 9.68. The maximum atomic E-state index is 2.33. The lowest BCUT2D eigenvalue weighted by molar-refractivity contribution is 1.28. The number of anilines is 3. The van der Waals surface area contributed by atoms with Gasteiger partial charge in [-0.2, -0.15) is 0 Å². The molecule has 0 aliphatic heterocycles. The summed E-state index contributed by atoms with van der Waals surface area (Å²) in [5.74, 6) is 0. The highest BCUT2D eigenvalue weighted by atomic mass is 15.1. The van der Waals surface area contributed by atoms with Crippen LogP contribution < -0.4 is 4.90 Å². The summed E-state index contributed by atoms with van der Waals surface area (Å²) < 4.78 is 0. The van der Waals surface area contributed by atoms with Gasteiger partial charge < -0.3 is 4.90 Å². The zero-order chi connectivity index (χ0) is 32.6. The Morgan fingerprint density at radius 2 is 0.653 bits per heavy atom. The molecule has 0 N–H and O–H groups in total. The van der Waals surface area contributed by atoms with Crippen LogP contribution in [0.2, 0.25) is 0 Å². The van der Waals surface area contributed by atoms with Crippen LogP contribution in [0.5, 0.6) is 0 Å². The van der Waals surface area contributed by atoms with Crippen LogP contribution in [0.4, 0.5) is 17.1 Å². The van der Waals surface area contributed by atoms with E-state index in [0.29, 0.717) is 0 Å². The van der Waals surface area contributed by atoms with Crippen molar-refractivity contribution in [1.29, 1.82) is 0 Å². The van der Waals surface area contributed by atoms with E-state index in [1.165, 1.54) is 65.7 Å². The smallest absolute Gasteiger partial charge is 0.0462 e. The van der Waals surface area contributed by atoms with E-state index in [1.54, 1.807) is 0 Å². The third-order valence-electron chi connectivity index (χ3n) is 9.68. The number of fused-ring (bicyclic) bond motifs is 5. The van der Waals surface area contributed by atoms with Crippen molar-refractivity contribution in [3.8, 4) is 33.4 Å². The van der Waals surface area contributed by atoms with Crippen molar-refractivity contribution in [2.24, 2.45) is 0 Å². The Morgan fingerprint density at radius 3 is 1.35 bits per heavy atom. The first kappa shape index (κ1) is 28.8. The quantitative estimate of drug-likeness (QED) is 0.167. The molecule has 0 heterocycles. The first-order valence-corrected chi connectivity index (χ1v) is 16.9. The molecular formula is C48H33N. The van der Waals surface area contributed by atoms with E-state index in [4.69, 9.17) is 0 Å². The molecule has 0 saturated carbocycles. The highest BCUT2D eigenvalue weighted by Crippen LogP contribution is 2.40. The number of benzene rings is 9. The second-order valence-electron chi connectivity index (χ2n) is 12.5. The van der Waals surface area contributed by atoms with Gasteiger partial charge in [0.25, 0.3) is 0 Å². The van der Waals surface area contributed by atoms with Crippen molar-refractivity contribution < 1.29 is 0 Å². The minimum atomic E-state index is 1.11. The molecule has 0 aromatic heterocycles. The first-order chi connectivity index (χ1) is 24.3. The predicted molar refractivity (Wildman–Crippen MR) is 210 cm³/mol. The van der Waals surface area contributed by atoms with Gasteiger partial charge in [0.05, 0.1) is 0 Å². The van der Waals surface area contributed by atoms with E-state index >= 15 is 0 Å². The van der Waals surface area contributed by atoms with E-state index in [0.717, 1.165) is 17.1 Å². The lowest BCUT2D eigenvalue weighted by atomic mass is 9.92. The van der Waals surface area contributed by atoms with Gasteiger partial charge in [-0.15, -0.1) is 0 Å². The third kappa shape index (κ3) is 5.23. The van der Waals surface area contributed by atoms with Gasteiger partial charge in [-0.1, -0.05) is 164 Å². The standard InChI is InChI=1S/C48H33N/c1-3-12-34(13-4-1)41-17-9-10-18-42(41)36-22-27-39(28-23-36)49(38-15-5-2-6-16-38)40-29-24-37(25-30-40)44-20-11-21-45-46(44)32-33-47-43-19-8-7-14-35(43)26-31-48(45)47/h1-33H. The number of para-hydroxylation sites is 1. The molecule has 0 radical (unpaired) electrons. The molecule has 0 bridgehead atoms. The van der Waals surface area contributed by atoms with Crippen LogP contribution in [-0.2, 0) is 0 Å². The Morgan fingerprint density at radius 1 is 0.224 bits per heavy atom. The molecule has 0 aliphatic carbocycles. The Balaban J connectivity index is 1.09. The minimum absolute atomic E-state index is 1.11. The summed E-state index contributed by atoms with van der Waals surface area (Å²) >= 11 is 0. The van der Waals surface area contributed by atoms with E-state index < -0.39 is 0 Å². The summed E-state index contributed by atoms with van der Waals surface area (Å²) in [4.78, 5) is 2.33. The Kier molecular flexibility index (Phi) is 7.22. The van der Waals surface area contributed by atoms with Crippen molar-refractivity contribution in [1.82, 2.24) is 0 Å². The Bertz CT molecular complexity index is 2570. The summed E-state index contributed by atoms with van der Waals surface area (Å²) in [6, 6.07) is 72.3. The molecule has 9 aromatic carbocycles. The second-order valence-corrected chi connectivity index (χ2v) is 12.5. The largest absolute Gasteiger partial charge is 0.311 e. The van der Waals surface area contributed by atoms with Crippen molar-refractivity contribution >= 4 is 49.4 Å². The van der Waals surface area contributed by atoms with Gasteiger partial charge in [0.2, 0.25) is 0 Å². The summed E-state index contributed by atoms with van der Waals surface area (Å²) in [5.41, 5.74) is 10.7. The van der Waals surface area contributed by atoms with Crippen molar-refractivity contribution in [2.45, 2.75) is 0 Å². The van der Waals surface area contributed by atoms with Gasteiger partial charge in [-0.05, 0) is 102 Å². The van der Waals surface area contributed by atoms with Crippen LogP contribution in [0.25, 0.3) is 65.7 Å². The molecule has 0 saturated heterocycles. The SMILES string of the molecule is c1ccc(-c2ccccc2-c2ccc(N(c3ccccc3)c3ccc(-c4cccc5c4ccc4c6ccccc6ccc54)cc3)cc2)cc1. The highest BCUT2D eigenvalue weighted by Gasteiger charge is 2.15. The molecule has 0 spiro atoms. The predicted octanol–water partition coefficient (Wildman–Crippen LogP) is 13.6. The average Bonchev–Trinajstić information content (AvgIpc) is 3.19. The van der Waals surface area contributed by atoms with E-state index in [2.05, 4.69) is 205 Å². The molecule has 49 heavy (non-hydrogen) atoms. The van der Waals surface area contributed by atoms with Gasteiger partial charge >= 0.3 is 0 Å². The summed E-state index contributed by atoms with van der Waals surface area (Å²) in [7, 11) is 0. The minimum Gasteiger partial charge on any atom is -0.311 e. The molecule has 230 valence electrons. The normalized spacial score (nSPS) is 11.3. The molecule has 0 fully saturated rings. The molecule has 9 aromatic rings. The van der Waals surface area contributed by atoms with Crippen molar-refractivity contribution in [3.05, 3.63) is 200 Å². The molecule has 1 nitrogen and oxygen atoms in total. The van der Waals surface area contributed by atoms with Crippen LogP contribution in [0.15, 0.2) is 200 Å². The average molecular weight is 624 g/mol. The number of hydrogen-bond acceptors (Lipinski definition) is 1. The number of nitrogens with zero attached hydrogens (tertiary/aromatic N) is 1. The molecular weight excluding hydrogens is 591 g/mol. The lowest BCUT2D eigenvalue weighted by Crippen LogP contribution is -2.09. The van der Waals surface area contributed by atoms with Crippen LogP contribution in [0.1, 0.15) is 0 Å². The molecule has 0 amide bonds. The van der Waals surface area contributed by atoms with Gasteiger partial charge in [-0.3, -0.25) is 0 Å². The van der Waals surface area contributed by atoms with E-state index in [9.17, 15) is 0 Å². The van der Waals surface area contributed by atoms with Crippen LogP contribution >= 0.6 is 0 Å². The van der Waals surface area contributed by atoms with Crippen LogP contribution in [0, 0.1) is 0 Å². The molecule has 1 heteroatoms. The fraction of sp³-hybridized carbons (Fsp3) is 0. The number of hydrogen-bond donors (Lipinski definition) is 0. The Labute approximate surface area is 287 Å². The molecule has 0 aliphatic rings. The van der Waals surface area contributed by atoms with Gasteiger partial charge in [0.1, 0.15) is 0 Å². The fourth-order valence-electron chi connectivity index (χ4n) is 7.32. The van der Waals surface area contributed by atoms with Crippen molar-refractivity contribution in [2.75, 3.05) is 4.90 Å². The summed E-state index contributed by atoms with van der Waals surface area (Å²) in [6.45, 7) is 0. The molecule has 9 rings (SSSR count). The maximum Gasteiger partial charge on any atom is 0.0462 e. The monoisotopic (exact) mass is 623 g/mol. The van der Waals surface area contributed by atoms with Gasteiger partial charge in [-0.25, -0.2) is 0 Å². The summed E-state index contributed by atoms with van der Waals surface area (Å²) in [6.07, 6.45) is 0. The Hall–Kier alpha value is -6.44. The maximum absolute atomic E-state index is 2.33. The molecule has 0 unspecified atom stereocenters.